The topological polar surface area (TPSA) is 124 Å². The number of phenols is 1. The van der Waals surface area contributed by atoms with Gasteiger partial charge < -0.3 is 26.0 Å². The molecule has 0 aliphatic rings. The lowest BCUT2D eigenvalue weighted by Gasteiger charge is -2.19. The van der Waals surface area contributed by atoms with Crippen LogP contribution in [0.3, 0.4) is 0 Å². The van der Waals surface area contributed by atoms with Crippen molar-refractivity contribution in [1.82, 2.24) is 5.32 Å². The number of quaternary nitrogens is 1. The zero-order valence-electron chi connectivity index (χ0n) is 12.8. The SMILES string of the molecule is CCOC(=O)[C@H](Cc1ccc(O)cc1)NC(=O)[C@@H]([NH3+])[C@@H](C)O. The van der Waals surface area contributed by atoms with Crippen molar-refractivity contribution in [2.45, 2.75) is 38.5 Å². The van der Waals surface area contributed by atoms with Crippen molar-refractivity contribution in [3.8, 4) is 5.75 Å². The van der Waals surface area contributed by atoms with Gasteiger partial charge in [0.15, 0.2) is 6.04 Å². The summed E-state index contributed by atoms with van der Waals surface area (Å²) in [6, 6.07) is 4.56. The first-order valence-corrected chi connectivity index (χ1v) is 7.11. The van der Waals surface area contributed by atoms with Crippen LogP contribution in [0, 0.1) is 0 Å². The fourth-order valence-corrected chi connectivity index (χ4v) is 1.80. The maximum atomic E-state index is 12.0. The normalized spacial score (nSPS) is 14.7. The summed E-state index contributed by atoms with van der Waals surface area (Å²) in [5.74, 6) is -0.957. The Labute approximate surface area is 129 Å². The number of nitrogens with one attached hydrogen (secondary N) is 1. The lowest BCUT2D eigenvalue weighted by Crippen LogP contribution is -2.72. The molecule has 6 N–H and O–H groups in total. The lowest BCUT2D eigenvalue weighted by molar-refractivity contribution is -0.419. The first kappa shape index (κ1) is 17.9. The van der Waals surface area contributed by atoms with E-state index in [4.69, 9.17) is 4.74 Å². The third kappa shape index (κ3) is 5.34. The number of rotatable bonds is 7. The van der Waals surface area contributed by atoms with Gasteiger partial charge in [0.25, 0.3) is 5.91 Å². The standard InChI is InChI=1S/C15H22N2O5/c1-3-22-15(21)12(17-14(20)13(16)9(2)18)8-10-4-6-11(19)7-5-10/h4-7,9,12-13,18-19H,3,8,16H2,1-2H3,(H,17,20)/p+1/t9-,12+,13+/m1/s1. The molecule has 0 heterocycles. The number of carbonyl (C=O) groups is 2. The van der Waals surface area contributed by atoms with Gasteiger partial charge in [-0.1, -0.05) is 12.1 Å². The van der Waals surface area contributed by atoms with E-state index < -0.39 is 30.1 Å². The summed E-state index contributed by atoms with van der Waals surface area (Å²) in [7, 11) is 0. The summed E-state index contributed by atoms with van der Waals surface area (Å²) >= 11 is 0. The largest absolute Gasteiger partial charge is 0.508 e. The van der Waals surface area contributed by atoms with Gasteiger partial charge in [0.05, 0.1) is 6.61 Å². The minimum atomic E-state index is -0.920. The summed E-state index contributed by atoms with van der Waals surface area (Å²) in [5, 5.41) is 21.2. The van der Waals surface area contributed by atoms with Gasteiger partial charge in [-0.25, -0.2) is 4.79 Å². The molecule has 1 aromatic rings. The number of carbonyl (C=O) groups excluding carboxylic acids is 2. The van der Waals surface area contributed by atoms with E-state index in [2.05, 4.69) is 11.1 Å². The van der Waals surface area contributed by atoms with Crippen LogP contribution < -0.4 is 11.1 Å². The molecule has 7 heteroatoms. The predicted molar refractivity (Wildman–Crippen MR) is 78.7 cm³/mol. The second-order valence-electron chi connectivity index (χ2n) is 5.03. The van der Waals surface area contributed by atoms with Gasteiger partial charge in [0, 0.05) is 6.42 Å². The first-order valence-electron chi connectivity index (χ1n) is 7.11. The Morgan fingerprint density at radius 2 is 1.91 bits per heavy atom. The molecule has 3 atom stereocenters. The molecule has 7 nitrogen and oxygen atoms in total. The summed E-state index contributed by atoms with van der Waals surface area (Å²) in [6.07, 6.45) is -0.700. The van der Waals surface area contributed by atoms with E-state index in [1.165, 1.54) is 19.1 Å². The minimum absolute atomic E-state index is 0.118. The molecule has 122 valence electrons. The van der Waals surface area contributed by atoms with Gasteiger partial charge >= 0.3 is 5.97 Å². The van der Waals surface area contributed by atoms with E-state index in [0.29, 0.717) is 0 Å². The maximum Gasteiger partial charge on any atom is 0.328 e. The monoisotopic (exact) mass is 311 g/mol. The third-order valence-electron chi connectivity index (χ3n) is 3.18. The van der Waals surface area contributed by atoms with Crippen molar-refractivity contribution < 1.29 is 30.3 Å². The molecular formula is C15H23N2O5+. The van der Waals surface area contributed by atoms with Crippen LogP contribution >= 0.6 is 0 Å². The van der Waals surface area contributed by atoms with Crippen LogP contribution in [-0.2, 0) is 20.7 Å². The smallest absolute Gasteiger partial charge is 0.328 e. The molecule has 0 unspecified atom stereocenters. The van der Waals surface area contributed by atoms with Gasteiger partial charge in [-0.2, -0.15) is 0 Å². The van der Waals surface area contributed by atoms with Gasteiger partial charge in [-0.15, -0.1) is 0 Å². The Bertz CT molecular complexity index is 501. The third-order valence-corrected chi connectivity index (χ3v) is 3.18. The molecule has 0 saturated carbocycles. The number of aliphatic hydroxyl groups excluding tert-OH is 1. The van der Waals surface area contributed by atoms with Gasteiger partial charge in [-0.3, -0.25) is 4.79 Å². The highest BCUT2D eigenvalue weighted by atomic mass is 16.5. The van der Waals surface area contributed by atoms with Crippen LogP contribution in [0.15, 0.2) is 24.3 Å². The molecule has 0 aliphatic carbocycles. The fourth-order valence-electron chi connectivity index (χ4n) is 1.80. The number of aromatic hydroxyl groups is 1. The van der Waals surface area contributed by atoms with Gasteiger partial charge in [0.1, 0.15) is 17.9 Å². The Hall–Kier alpha value is -2.12. The Morgan fingerprint density at radius 3 is 2.41 bits per heavy atom. The number of phenolic OH excluding ortho intramolecular Hbond substituents is 1. The van der Waals surface area contributed by atoms with Crippen molar-refractivity contribution in [2.24, 2.45) is 0 Å². The molecule has 0 spiro atoms. The zero-order chi connectivity index (χ0) is 16.7. The predicted octanol–water partition coefficient (Wildman–Crippen LogP) is -1.03. The van der Waals surface area contributed by atoms with Crippen molar-refractivity contribution in [3.63, 3.8) is 0 Å². The van der Waals surface area contributed by atoms with Crippen LogP contribution in [0.5, 0.6) is 5.75 Å². The molecule has 0 aromatic heterocycles. The van der Waals surface area contributed by atoms with Crippen molar-refractivity contribution in [1.29, 1.82) is 0 Å². The summed E-state index contributed by atoms with van der Waals surface area (Å²) in [6.45, 7) is 3.33. The average Bonchev–Trinajstić information content (AvgIpc) is 2.47. The Kier molecular flexibility index (Phi) is 6.81. The molecule has 0 saturated heterocycles. The molecular weight excluding hydrogens is 288 g/mol. The van der Waals surface area contributed by atoms with Gasteiger partial charge in [0.2, 0.25) is 0 Å². The molecule has 1 rings (SSSR count). The Morgan fingerprint density at radius 1 is 1.32 bits per heavy atom. The highest BCUT2D eigenvalue weighted by Gasteiger charge is 2.29. The van der Waals surface area contributed by atoms with E-state index >= 15 is 0 Å². The van der Waals surface area contributed by atoms with Crippen molar-refractivity contribution in [2.75, 3.05) is 6.61 Å². The van der Waals surface area contributed by atoms with E-state index in [9.17, 15) is 19.8 Å². The van der Waals surface area contributed by atoms with Crippen LogP contribution in [0.25, 0.3) is 0 Å². The highest BCUT2D eigenvalue weighted by Crippen LogP contribution is 2.12. The fraction of sp³-hybridized carbons (Fsp3) is 0.467. The number of amides is 1. The molecule has 0 bridgehead atoms. The van der Waals surface area contributed by atoms with Crippen LogP contribution in [-0.4, -0.2) is 46.9 Å². The van der Waals surface area contributed by atoms with Crippen LogP contribution in [0.2, 0.25) is 0 Å². The second kappa shape index (κ2) is 8.35. The quantitative estimate of drug-likeness (QED) is 0.480. The molecule has 1 aromatic carbocycles. The number of hydrogen-bond acceptors (Lipinski definition) is 5. The number of esters is 1. The second-order valence-corrected chi connectivity index (χ2v) is 5.03. The molecule has 0 fully saturated rings. The van der Waals surface area contributed by atoms with E-state index in [0.717, 1.165) is 5.56 Å². The first-order chi connectivity index (χ1) is 10.3. The number of hydrogen-bond donors (Lipinski definition) is 4. The number of ether oxygens (including phenoxy) is 1. The minimum Gasteiger partial charge on any atom is -0.508 e. The summed E-state index contributed by atoms with van der Waals surface area (Å²) in [5.41, 5.74) is 4.33. The molecule has 22 heavy (non-hydrogen) atoms. The molecule has 0 aliphatic heterocycles. The van der Waals surface area contributed by atoms with Crippen LogP contribution in [0.4, 0.5) is 0 Å². The molecule has 0 radical (unpaired) electrons. The summed E-state index contributed by atoms with van der Waals surface area (Å²) in [4.78, 5) is 23.9. The Balaban J connectivity index is 2.82. The highest BCUT2D eigenvalue weighted by molar-refractivity contribution is 5.87. The van der Waals surface area contributed by atoms with Gasteiger partial charge in [-0.05, 0) is 31.5 Å². The van der Waals surface area contributed by atoms with Crippen molar-refractivity contribution >= 4 is 11.9 Å². The molecule has 1 amide bonds. The number of aliphatic hydroxyl groups is 1. The van der Waals surface area contributed by atoms with Crippen molar-refractivity contribution in [3.05, 3.63) is 29.8 Å². The summed E-state index contributed by atoms with van der Waals surface area (Å²) < 4.78 is 4.96. The maximum absolute atomic E-state index is 12.0. The van der Waals surface area contributed by atoms with E-state index in [1.54, 1.807) is 19.1 Å². The number of benzene rings is 1. The van der Waals surface area contributed by atoms with E-state index in [1.807, 2.05) is 0 Å². The van der Waals surface area contributed by atoms with E-state index in [-0.39, 0.29) is 18.8 Å². The average molecular weight is 311 g/mol. The van der Waals surface area contributed by atoms with Crippen LogP contribution in [0.1, 0.15) is 19.4 Å². The zero-order valence-corrected chi connectivity index (χ0v) is 12.8. The lowest BCUT2D eigenvalue weighted by atomic mass is 10.0.